The average molecular weight is 763 g/mol. The van der Waals surface area contributed by atoms with Gasteiger partial charge in [0, 0.05) is 41.9 Å². The average Bonchev–Trinajstić information content (AvgIpc) is 3.71. The summed E-state index contributed by atoms with van der Waals surface area (Å²) in [6, 6.07) is 0. The molecule has 7 fully saturated rings. The molecule has 12 heteroatoms. The molecule has 2 heterocycles. The number of esters is 2. The molecule has 12 nitrogen and oxygen atoms in total. The summed E-state index contributed by atoms with van der Waals surface area (Å²) >= 11 is 0. The fourth-order valence-corrected chi connectivity index (χ4v) is 13.8. The summed E-state index contributed by atoms with van der Waals surface area (Å²) < 4.78 is 22.7. The third-order valence-corrected chi connectivity index (χ3v) is 16.8. The van der Waals surface area contributed by atoms with Gasteiger partial charge in [-0.05, 0) is 105 Å². The molecule has 0 amide bonds. The van der Waals surface area contributed by atoms with Gasteiger partial charge < -0.3 is 49.6 Å². The molecule has 6 N–H and O–H groups in total. The number of carbonyl (C=O) groups is 2. The molecule has 6 aliphatic carbocycles. The van der Waals surface area contributed by atoms with Gasteiger partial charge in [-0.2, -0.15) is 0 Å². The molecule has 0 aromatic carbocycles. The molecule has 306 valence electrons. The maximum absolute atomic E-state index is 11.9. The van der Waals surface area contributed by atoms with Crippen molar-refractivity contribution in [3.8, 4) is 0 Å². The number of rotatable bonds is 6. The molecule has 0 aromatic heterocycles. The number of fused-ring (bicyclic) bond motifs is 10. The highest BCUT2D eigenvalue weighted by Crippen LogP contribution is 2.66. The topological polar surface area (TPSA) is 192 Å². The summed E-state index contributed by atoms with van der Waals surface area (Å²) in [6.45, 7) is 8.99. The van der Waals surface area contributed by atoms with E-state index in [4.69, 9.17) is 18.9 Å². The summed E-state index contributed by atoms with van der Waals surface area (Å²) in [5.41, 5.74) is -0.0284. The lowest BCUT2D eigenvalue weighted by Crippen LogP contribution is -2.61. The van der Waals surface area contributed by atoms with E-state index >= 15 is 0 Å². The SMILES string of the molecule is CCC(=O)O[C@H]1CCC2C3C(CC[C@@]21CO)[C@@]1(C)CO[C@H](O)CC1=C[C@@H]3O.CCC(=O)O[C@H]1CCC2C3C(CC[C@@]21CO)[C@@]1(C)CO[C@H](O)CC1C[C@@H]3O. The van der Waals surface area contributed by atoms with Gasteiger partial charge in [-0.25, -0.2) is 0 Å². The number of hydrogen-bond acceptors (Lipinski definition) is 12. The molecule has 8 aliphatic rings. The standard InChI is InChI=1S/C21H34O6.C21H32O6/c2*1-3-17(24)27-16-5-4-14-19-13(6-7-21(14,16)10-22)20(2)11-26-18(25)9-12(20)8-15(19)23/h12-16,18-19,22-23,25H,3-11H2,1-2H3;8,13-16,18-19,22-23,25H,3-7,9-11H2,1-2H3/t12?,13?,14?,15-,16-,18-,19?,20-,21+;13?,14?,15-,16-,18-,19?,20-,21+/m00/s1. The number of ether oxygens (including phenoxy) is 4. The number of carbonyl (C=O) groups excluding carboxylic acids is 2. The normalized spacial score (nSPS) is 50.3. The first-order chi connectivity index (χ1) is 25.7. The summed E-state index contributed by atoms with van der Waals surface area (Å²) in [5.74, 6) is 0.775. The zero-order valence-corrected chi connectivity index (χ0v) is 32.7. The monoisotopic (exact) mass is 762 g/mol. The van der Waals surface area contributed by atoms with E-state index in [0.717, 1.165) is 56.9 Å². The van der Waals surface area contributed by atoms with E-state index < -0.39 is 35.6 Å². The molecule has 2 aliphatic heterocycles. The van der Waals surface area contributed by atoms with Gasteiger partial charge in [0.15, 0.2) is 12.6 Å². The highest BCUT2D eigenvalue weighted by atomic mass is 16.6. The first-order valence-corrected chi connectivity index (χ1v) is 21.0. The van der Waals surface area contributed by atoms with Crippen LogP contribution in [0.1, 0.15) is 111 Å². The van der Waals surface area contributed by atoms with E-state index in [2.05, 4.69) is 13.8 Å². The van der Waals surface area contributed by atoms with E-state index in [9.17, 15) is 40.2 Å². The number of aliphatic hydroxyl groups is 6. The number of aliphatic hydroxyl groups excluding tert-OH is 6. The van der Waals surface area contributed by atoms with Gasteiger partial charge in [0.05, 0.1) is 38.6 Å². The second kappa shape index (κ2) is 15.3. The van der Waals surface area contributed by atoms with E-state index in [-0.39, 0.29) is 83.7 Å². The summed E-state index contributed by atoms with van der Waals surface area (Å²) in [6.07, 6.45) is 7.83. The molecular weight excluding hydrogens is 696 g/mol. The zero-order valence-electron chi connectivity index (χ0n) is 32.7. The quantitative estimate of drug-likeness (QED) is 0.171. The van der Waals surface area contributed by atoms with E-state index in [1.165, 1.54) is 0 Å². The maximum Gasteiger partial charge on any atom is 0.305 e. The Bertz CT molecular complexity index is 1420. The molecule has 2 saturated heterocycles. The van der Waals surface area contributed by atoms with Crippen LogP contribution >= 0.6 is 0 Å². The van der Waals surface area contributed by atoms with E-state index in [1.807, 2.05) is 6.08 Å². The summed E-state index contributed by atoms with van der Waals surface area (Å²) in [5, 5.41) is 62.7. The van der Waals surface area contributed by atoms with Gasteiger partial charge in [0.25, 0.3) is 0 Å². The molecule has 0 bridgehead atoms. The molecule has 0 spiro atoms. The molecule has 8 rings (SSSR count). The van der Waals surface area contributed by atoms with Crippen molar-refractivity contribution in [2.75, 3.05) is 26.4 Å². The van der Waals surface area contributed by atoms with Gasteiger partial charge in [-0.15, -0.1) is 0 Å². The lowest BCUT2D eigenvalue weighted by atomic mass is 9.46. The minimum absolute atomic E-state index is 0.00459. The van der Waals surface area contributed by atoms with Crippen molar-refractivity contribution in [2.24, 2.45) is 63.1 Å². The largest absolute Gasteiger partial charge is 0.462 e. The van der Waals surface area contributed by atoms with Crippen molar-refractivity contribution < 1.29 is 59.2 Å². The highest BCUT2D eigenvalue weighted by molar-refractivity contribution is 5.69. The first-order valence-electron chi connectivity index (χ1n) is 21.0. The van der Waals surface area contributed by atoms with E-state index in [1.54, 1.807) is 13.8 Å². The third-order valence-electron chi connectivity index (χ3n) is 16.8. The van der Waals surface area contributed by atoms with Crippen LogP contribution in [-0.2, 0) is 28.5 Å². The van der Waals surface area contributed by atoms with Crippen molar-refractivity contribution in [3.05, 3.63) is 11.6 Å². The molecule has 7 unspecified atom stereocenters. The Labute approximate surface area is 320 Å². The molecule has 0 radical (unpaired) electrons. The molecule has 0 aromatic rings. The van der Waals surface area contributed by atoms with Gasteiger partial charge >= 0.3 is 11.9 Å². The molecule has 54 heavy (non-hydrogen) atoms. The Morgan fingerprint density at radius 2 is 1.28 bits per heavy atom. The van der Waals surface area contributed by atoms with Crippen molar-refractivity contribution in [1.82, 2.24) is 0 Å². The Balaban J connectivity index is 0.000000167. The summed E-state index contributed by atoms with van der Waals surface area (Å²) in [4.78, 5) is 23.8. The van der Waals surface area contributed by atoms with Gasteiger partial charge in [-0.1, -0.05) is 39.3 Å². The first kappa shape index (κ1) is 40.6. The van der Waals surface area contributed by atoms with Crippen LogP contribution in [0.3, 0.4) is 0 Å². The fourth-order valence-electron chi connectivity index (χ4n) is 13.8. The van der Waals surface area contributed by atoms with Crippen LogP contribution in [0.5, 0.6) is 0 Å². The maximum atomic E-state index is 11.9. The van der Waals surface area contributed by atoms with Gasteiger partial charge in [0.2, 0.25) is 0 Å². The second-order valence-corrected chi connectivity index (χ2v) is 18.8. The van der Waals surface area contributed by atoms with Crippen molar-refractivity contribution in [2.45, 2.75) is 148 Å². The smallest absolute Gasteiger partial charge is 0.305 e. The zero-order chi connectivity index (χ0) is 38.8. The van der Waals surface area contributed by atoms with Crippen LogP contribution in [0.2, 0.25) is 0 Å². The van der Waals surface area contributed by atoms with Crippen LogP contribution in [-0.4, -0.2) is 106 Å². The van der Waals surface area contributed by atoms with Crippen molar-refractivity contribution in [3.63, 3.8) is 0 Å². The van der Waals surface area contributed by atoms with Gasteiger partial charge in [-0.3, -0.25) is 9.59 Å². The molecule has 17 atom stereocenters. The van der Waals surface area contributed by atoms with E-state index in [0.29, 0.717) is 51.2 Å². The lowest BCUT2D eigenvalue weighted by molar-refractivity contribution is -0.248. The van der Waals surface area contributed by atoms with Crippen molar-refractivity contribution in [1.29, 1.82) is 0 Å². The van der Waals surface area contributed by atoms with Crippen molar-refractivity contribution >= 4 is 11.9 Å². The Morgan fingerprint density at radius 1 is 0.722 bits per heavy atom. The van der Waals surface area contributed by atoms with Crippen LogP contribution in [0.4, 0.5) is 0 Å². The predicted octanol–water partition coefficient (Wildman–Crippen LogP) is 3.62. The van der Waals surface area contributed by atoms with Gasteiger partial charge in [0.1, 0.15) is 12.2 Å². The minimum atomic E-state index is -0.794. The minimum Gasteiger partial charge on any atom is -0.462 e. The Morgan fingerprint density at radius 3 is 1.85 bits per heavy atom. The highest BCUT2D eigenvalue weighted by Gasteiger charge is 2.66. The third kappa shape index (κ3) is 6.41. The van der Waals surface area contributed by atoms with Crippen LogP contribution in [0.25, 0.3) is 0 Å². The summed E-state index contributed by atoms with van der Waals surface area (Å²) in [7, 11) is 0. The lowest BCUT2D eigenvalue weighted by Gasteiger charge is -2.61. The number of hydrogen-bond donors (Lipinski definition) is 6. The van der Waals surface area contributed by atoms with Crippen LogP contribution in [0, 0.1) is 63.1 Å². The Hall–Kier alpha value is -1.64. The molecule has 5 saturated carbocycles. The fraction of sp³-hybridized carbons (Fsp3) is 0.905. The molecular formula is C42H66O12. The second-order valence-electron chi connectivity index (χ2n) is 18.8. The van der Waals surface area contributed by atoms with Crippen LogP contribution in [0.15, 0.2) is 11.6 Å². The van der Waals surface area contributed by atoms with Crippen LogP contribution < -0.4 is 0 Å². The predicted molar refractivity (Wildman–Crippen MR) is 195 cm³/mol. The Kier molecular flexibility index (Phi) is 11.5.